The fourth-order valence-corrected chi connectivity index (χ4v) is 2.68. The molecule has 2 aliphatic rings. The molecule has 2 aliphatic heterocycles. The third-order valence-corrected chi connectivity index (χ3v) is 3.67. The standard InChI is InChI=1S/C14H17N3O2/c1-17-7-9-2-3-11(6-10(9)8-17)15-14(19)12-4-5-13(18)16-12/h2-3,6,12H,4-5,7-8H2,1H3,(H,15,19)(H,16,18). The highest BCUT2D eigenvalue weighted by Gasteiger charge is 2.27. The molecule has 5 nitrogen and oxygen atoms in total. The van der Waals surface area contributed by atoms with Crippen LogP contribution in [-0.2, 0) is 22.7 Å². The summed E-state index contributed by atoms with van der Waals surface area (Å²) in [4.78, 5) is 25.3. The molecule has 2 heterocycles. The highest BCUT2D eigenvalue weighted by Crippen LogP contribution is 2.24. The van der Waals surface area contributed by atoms with Crippen LogP contribution in [0.25, 0.3) is 0 Å². The molecule has 19 heavy (non-hydrogen) atoms. The van der Waals surface area contributed by atoms with Crippen LogP contribution in [0.1, 0.15) is 24.0 Å². The first-order chi connectivity index (χ1) is 9.11. The minimum atomic E-state index is -0.386. The Bertz CT molecular complexity index is 541. The zero-order valence-electron chi connectivity index (χ0n) is 10.9. The van der Waals surface area contributed by atoms with E-state index in [2.05, 4.69) is 28.6 Å². The van der Waals surface area contributed by atoms with E-state index in [0.29, 0.717) is 12.8 Å². The Labute approximate surface area is 112 Å². The molecule has 1 saturated heterocycles. The maximum atomic E-state index is 12.0. The Balaban J connectivity index is 1.69. The van der Waals surface area contributed by atoms with Gasteiger partial charge in [0.25, 0.3) is 0 Å². The van der Waals surface area contributed by atoms with Gasteiger partial charge in [0.05, 0.1) is 0 Å². The van der Waals surface area contributed by atoms with Crippen LogP contribution < -0.4 is 10.6 Å². The zero-order valence-corrected chi connectivity index (χ0v) is 10.9. The van der Waals surface area contributed by atoms with Crippen LogP contribution in [0.3, 0.4) is 0 Å². The highest BCUT2D eigenvalue weighted by molar-refractivity contribution is 5.99. The number of amides is 2. The van der Waals surface area contributed by atoms with Gasteiger partial charge in [0.2, 0.25) is 11.8 Å². The van der Waals surface area contributed by atoms with E-state index in [1.165, 1.54) is 11.1 Å². The van der Waals surface area contributed by atoms with E-state index in [-0.39, 0.29) is 17.9 Å². The molecule has 1 aromatic carbocycles. The maximum Gasteiger partial charge on any atom is 0.246 e. The van der Waals surface area contributed by atoms with Crippen molar-refractivity contribution in [1.29, 1.82) is 0 Å². The number of fused-ring (bicyclic) bond motifs is 1. The first-order valence-electron chi connectivity index (χ1n) is 6.52. The van der Waals surface area contributed by atoms with Gasteiger partial charge >= 0.3 is 0 Å². The lowest BCUT2D eigenvalue weighted by molar-refractivity contribution is -0.122. The summed E-state index contributed by atoms with van der Waals surface area (Å²) in [5.74, 6) is -0.173. The largest absolute Gasteiger partial charge is 0.344 e. The van der Waals surface area contributed by atoms with Crippen molar-refractivity contribution in [2.45, 2.75) is 32.0 Å². The van der Waals surface area contributed by atoms with E-state index in [0.717, 1.165) is 18.8 Å². The van der Waals surface area contributed by atoms with Crippen LogP contribution in [0.5, 0.6) is 0 Å². The van der Waals surface area contributed by atoms with Crippen LogP contribution >= 0.6 is 0 Å². The van der Waals surface area contributed by atoms with Gasteiger partial charge in [0.1, 0.15) is 6.04 Å². The second-order valence-corrected chi connectivity index (χ2v) is 5.30. The van der Waals surface area contributed by atoms with Crippen molar-refractivity contribution in [1.82, 2.24) is 10.2 Å². The van der Waals surface area contributed by atoms with E-state index in [1.807, 2.05) is 12.1 Å². The van der Waals surface area contributed by atoms with E-state index < -0.39 is 0 Å². The first kappa shape index (κ1) is 12.2. The number of hydrogen-bond acceptors (Lipinski definition) is 3. The quantitative estimate of drug-likeness (QED) is 0.827. The van der Waals surface area contributed by atoms with Crippen molar-refractivity contribution in [2.75, 3.05) is 12.4 Å². The average Bonchev–Trinajstić information content (AvgIpc) is 2.93. The molecule has 0 radical (unpaired) electrons. The molecular formula is C14H17N3O2. The van der Waals surface area contributed by atoms with Crippen molar-refractivity contribution in [3.8, 4) is 0 Å². The SMILES string of the molecule is CN1Cc2ccc(NC(=O)C3CCC(=O)N3)cc2C1. The maximum absolute atomic E-state index is 12.0. The molecule has 0 saturated carbocycles. The molecule has 2 N–H and O–H groups in total. The molecule has 0 aliphatic carbocycles. The summed E-state index contributed by atoms with van der Waals surface area (Å²) >= 11 is 0. The molecule has 0 bridgehead atoms. The van der Waals surface area contributed by atoms with E-state index >= 15 is 0 Å². The fraction of sp³-hybridized carbons (Fsp3) is 0.429. The summed E-state index contributed by atoms with van der Waals surface area (Å²) in [7, 11) is 2.08. The summed E-state index contributed by atoms with van der Waals surface area (Å²) in [6.45, 7) is 1.88. The average molecular weight is 259 g/mol. The van der Waals surface area contributed by atoms with Crippen LogP contribution in [-0.4, -0.2) is 29.8 Å². The van der Waals surface area contributed by atoms with E-state index in [4.69, 9.17) is 0 Å². The highest BCUT2D eigenvalue weighted by atomic mass is 16.2. The molecule has 1 unspecified atom stereocenters. The molecule has 5 heteroatoms. The van der Waals surface area contributed by atoms with Gasteiger partial charge in [-0.3, -0.25) is 14.5 Å². The monoisotopic (exact) mass is 259 g/mol. The Morgan fingerprint density at radius 2 is 2.16 bits per heavy atom. The van der Waals surface area contributed by atoms with Gasteiger partial charge in [0, 0.05) is 25.2 Å². The molecule has 1 fully saturated rings. The summed E-state index contributed by atoms with van der Waals surface area (Å²) < 4.78 is 0. The second-order valence-electron chi connectivity index (χ2n) is 5.30. The Kier molecular flexibility index (Phi) is 2.98. The molecule has 0 aromatic heterocycles. The number of nitrogens with one attached hydrogen (secondary N) is 2. The predicted octanol–water partition coefficient (Wildman–Crippen LogP) is 0.849. The Morgan fingerprint density at radius 1 is 1.37 bits per heavy atom. The number of benzene rings is 1. The van der Waals surface area contributed by atoms with Crippen molar-refractivity contribution in [3.05, 3.63) is 29.3 Å². The smallest absolute Gasteiger partial charge is 0.246 e. The minimum Gasteiger partial charge on any atom is -0.344 e. The number of nitrogens with zero attached hydrogens (tertiary/aromatic N) is 1. The van der Waals surface area contributed by atoms with E-state index in [9.17, 15) is 9.59 Å². The lowest BCUT2D eigenvalue weighted by Crippen LogP contribution is -2.37. The normalized spacial score (nSPS) is 22.2. The van der Waals surface area contributed by atoms with Crippen molar-refractivity contribution >= 4 is 17.5 Å². The first-order valence-corrected chi connectivity index (χ1v) is 6.52. The number of carbonyl (C=O) groups is 2. The molecule has 100 valence electrons. The molecular weight excluding hydrogens is 242 g/mol. The zero-order chi connectivity index (χ0) is 13.4. The number of hydrogen-bond donors (Lipinski definition) is 2. The number of anilines is 1. The minimum absolute atomic E-state index is 0.0456. The second kappa shape index (κ2) is 4.66. The predicted molar refractivity (Wildman–Crippen MR) is 71.4 cm³/mol. The number of carbonyl (C=O) groups excluding carboxylic acids is 2. The summed E-state index contributed by atoms with van der Waals surface area (Å²) in [6.07, 6.45) is 1.02. The van der Waals surface area contributed by atoms with Gasteiger partial charge in [-0.25, -0.2) is 0 Å². The van der Waals surface area contributed by atoms with Gasteiger partial charge in [0.15, 0.2) is 0 Å². The molecule has 0 spiro atoms. The third-order valence-electron chi connectivity index (χ3n) is 3.67. The molecule has 1 atom stereocenters. The molecule has 3 rings (SSSR count). The number of rotatable bonds is 2. The molecule has 2 amide bonds. The van der Waals surface area contributed by atoms with E-state index in [1.54, 1.807) is 0 Å². The van der Waals surface area contributed by atoms with Gasteiger partial charge in [-0.1, -0.05) is 6.07 Å². The van der Waals surface area contributed by atoms with Crippen molar-refractivity contribution in [2.24, 2.45) is 0 Å². The van der Waals surface area contributed by atoms with Crippen molar-refractivity contribution < 1.29 is 9.59 Å². The topological polar surface area (TPSA) is 61.4 Å². The molecule has 1 aromatic rings. The third kappa shape index (κ3) is 2.46. The summed E-state index contributed by atoms with van der Waals surface area (Å²) in [6, 6.07) is 5.62. The van der Waals surface area contributed by atoms with Gasteiger partial charge < -0.3 is 10.6 Å². The van der Waals surface area contributed by atoms with Crippen LogP contribution in [0.15, 0.2) is 18.2 Å². The van der Waals surface area contributed by atoms with Gasteiger partial charge in [-0.15, -0.1) is 0 Å². The van der Waals surface area contributed by atoms with Crippen molar-refractivity contribution in [3.63, 3.8) is 0 Å². The fourth-order valence-electron chi connectivity index (χ4n) is 2.68. The van der Waals surface area contributed by atoms with Gasteiger partial charge in [-0.2, -0.15) is 0 Å². The Hall–Kier alpha value is -1.88. The lowest BCUT2D eigenvalue weighted by Gasteiger charge is -2.11. The Morgan fingerprint density at radius 3 is 2.89 bits per heavy atom. The summed E-state index contributed by atoms with van der Waals surface area (Å²) in [5.41, 5.74) is 3.38. The lowest BCUT2D eigenvalue weighted by atomic mass is 10.1. The van der Waals surface area contributed by atoms with Crippen LogP contribution in [0.2, 0.25) is 0 Å². The van der Waals surface area contributed by atoms with Crippen LogP contribution in [0.4, 0.5) is 5.69 Å². The van der Waals surface area contributed by atoms with Gasteiger partial charge in [-0.05, 0) is 36.7 Å². The summed E-state index contributed by atoms with van der Waals surface area (Å²) in [5, 5.41) is 5.55. The van der Waals surface area contributed by atoms with Crippen LogP contribution in [0, 0.1) is 0 Å².